The van der Waals surface area contributed by atoms with Crippen molar-refractivity contribution in [2.75, 3.05) is 6.54 Å². The summed E-state index contributed by atoms with van der Waals surface area (Å²) in [5.74, 6) is 0.658. The first-order valence-corrected chi connectivity index (χ1v) is 11.9. The normalized spacial score (nSPS) is 13.2. The Morgan fingerprint density at radius 2 is 1.78 bits per heavy atom. The van der Waals surface area contributed by atoms with Gasteiger partial charge in [0, 0.05) is 17.5 Å². The highest BCUT2D eigenvalue weighted by atomic mass is 35.5. The zero-order valence-electron chi connectivity index (χ0n) is 19.3. The van der Waals surface area contributed by atoms with E-state index in [9.17, 15) is 9.59 Å². The Balaban J connectivity index is 2.15. The van der Waals surface area contributed by atoms with E-state index in [0.29, 0.717) is 34.0 Å². The fourth-order valence-electron chi connectivity index (χ4n) is 4.22. The minimum absolute atomic E-state index is 0.0199. The average Bonchev–Trinajstić information content (AvgIpc) is 2.80. The van der Waals surface area contributed by atoms with Gasteiger partial charge in [0.25, 0.3) is 5.56 Å². The molecule has 0 aliphatic carbocycles. The number of amides is 1. The number of carbonyl (C=O) groups is 1. The van der Waals surface area contributed by atoms with Gasteiger partial charge in [-0.15, -0.1) is 0 Å². The Labute approximate surface area is 195 Å². The molecule has 2 aromatic carbocycles. The molecule has 5 nitrogen and oxygen atoms in total. The molecule has 0 aliphatic heterocycles. The van der Waals surface area contributed by atoms with Crippen molar-refractivity contribution in [3.8, 4) is 5.69 Å². The number of nitrogens with zero attached hydrogens (tertiary/aromatic N) is 3. The van der Waals surface area contributed by atoms with Crippen molar-refractivity contribution in [1.82, 2.24) is 14.5 Å². The van der Waals surface area contributed by atoms with E-state index in [4.69, 9.17) is 16.6 Å². The predicted molar refractivity (Wildman–Crippen MR) is 131 cm³/mol. The molecule has 0 radical (unpaired) electrons. The molecule has 0 N–H and O–H groups in total. The Morgan fingerprint density at radius 1 is 1.09 bits per heavy atom. The Kier molecular flexibility index (Phi) is 8.08. The summed E-state index contributed by atoms with van der Waals surface area (Å²) in [6.07, 6.45) is 3.77. The van der Waals surface area contributed by atoms with Crippen molar-refractivity contribution in [3.63, 3.8) is 0 Å². The van der Waals surface area contributed by atoms with Crippen LogP contribution in [0.15, 0.2) is 53.3 Å². The highest BCUT2D eigenvalue weighted by molar-refractivity contribution is 6.30. The predicted octanol–water partition coefficient (Wildman–Crippen LogP) is 6.17. The zero-order valence-corrected chi connectivity index (χ0v) is 20.1. The fourth-order valence-corrected chi connectivity index (χ4v) is 4.34. The van der Waals surface area contributed by atoms with Crippen molar-refractivity contribution in [3.05, 3.63) is 69.7 Å². The van der Waals surface area contributed by atoms with Gasteiger partial charge in [0.2, 0.25) is 5.91 Å². The van der Waals surface area contributed by atoms with Crippen LogP contribution in [-0.4, -0.2) is 26.9 Å². The second-order valence-corrected chi connectivity index (χ2v) is 8.59. The van der Waals surface area contributed by atoms with Crippen molar-refractivity contribution in [1.29, 1.82) is 0 Å². The molecule has 170 valence electrons. The quantitative estimate of drug-likeness (QED) is 0.389. The molecule has 2 atom stereocenters. The molecule has 1 heterocycles. The van der Waals surface area contributed by atoms with E-state index < -0.39 is 0 Å². The van der Waals surface area contributed by atoms with Crippen molar-refractivity contribution in [2.45, 2.75) is 59.4 Å². The molecule has 0 spiro atoms. The molecule has 1 aromatic heterocycles. The van der Waals surface area contributed by atoms with Gasteiger partial charge in [0.1, 0.15) is 5.82 Å². The molecule has 1 amide bonds. The van der Waals surface area contributed by atoms with Crippen LogP contribution in [0, 0.1) is 5.92 Å². The third kappa shape index (κ3) is 4.88. The number of aromatic nitrogens is 2. The molecule has 3 aromatic rings. The van der Waals surface area contributed by atoms with Crippen LogP contribution >= 0.6 is 11.6 Å². The second kappa shape index (κ2) is 10.8. The maximum Gasteiger partial charge on any atom is 0.266 e. The van der Waals surface area contributed by atoms with Crippen LogP contribution in [0.5, 0.6) is 0 Å². The lowest BCUT2D eigenvalue weighted by Gasteiger charge is -2.32. The number of rotatable bonds is 9. The maximum absolute atomic E-state index is 13.5. The topological polar surface area (TPSA) is 55.2 Å². The van der Waals surface area contributed by atoms with Gasteiger partial charge < -0.3 is 4.90 Å². The van der Waals surface area contributed by atoms with E-state index in [1.54, 1.807) is 22.8 Å². The fraction of sp³-hybridized carbons (Fsp3) is 0.423. The molecule has 0 bridgehead atoms. The summed E-state index contributed by atoms with van der Waals surface area (Å²) >= 11 is 6.09. The molecule has 0 fully saturated rings. The first kappa shape index (κ1) is 24.0. The van der Waals surface area contributed by atoms with Crippen LogP contribution in [-0.2, 0) is 4.79 Å². The van der Waals surface area contributed by atoms with Gasteiger partial charge in [-0.1, -0.05) is 50.4 Å². The molecular weight excluding hydrogens is 422 g/mol. The molecule has 0 saturated carbocycles. The third-order valence-electron chi connectivity index (χ3n) is 6.10. The smallest absolute Gasteiger partial charge is 0.266 e. The Morgan fingerprint density at radius 3 is 2.41 bits per heavy atom. The first-order valence-electron chi connectivity index (χ1n) is 11.5. The minimum Gasteiger partial charge on any atom is -0.333 e. The van der Waals surface area contributed by atoms with E-state index in [1.165, 1.54) is 0 Å². The Bertz CT molecular complexity index is 1120. The summed E-state index contributed by atoms with van der Waals surface area (Å²) in [6.45, 7) is 8.69. The number of hydrogen-bond acceptors (Lipinski definition) is 3. The van der Waals surface area contributed by atoms with E-state index in [-0.39, 0.29) is 23.4 Å². The number of benzene rings is 2. The zero-order chi connectivity index (χ0) is 23.3. The van der Waals surface area contributed by atoms with Crippen LogP contribution in [0.2, 0.25) is 5.02 Å². The van der Waals surface area contributed by atoms with E-state index >= 15 is 0 Å². The molecule has 0 saturated heterocycles. The van der Waals surface area contributed by atoms with Gasteiger partial charge in [0.15, 0.2) is 0 Å². The first-order chi connectivity index (χ1) is 15.4. The summed E-state index contributed by atoms with van der Waals surface area (Å²) in [4.78, 5) is 33.7. The Hall–Kier alpha value is -2.66. The van der Waals surface area contributed by atoms with Gasteiger partial charge in [-0.2, -0.15) is 0 Å². The lowest BCUT2D eigenvalue weighted by Crippen LogP contribution is -2.40. The lowest BCUT2D eigenvalue weighted by molar-refractivity contribution is -0.138. The second-order valence-electron chi connectivity index (χ2n) is 8.15. The number of para-hydroxylation sites is 1. The largest absolute Gasteiger partial charge is 0.333 e. The van der Waals surface area contributed by atoms with E-state index in [1.807, 2.05) is 49.1 Å². The molecule has 32 heavy (non-hydrogen) atoms. The number of carbonyl (C=O) groups excluding carboxylic acids is 1. The molecular formula is C26H32ClN3O2. The number of hydrogen-bond donors (Lipinski definition) is 0. The number of unbranched alkanes of at least 4 members (excludes halogenated alkanes) is 1. The van der Waals surface area contributed by atoms with Crippen molar-refractivity contribution >= 4 is 28.4 Å². The summed E-state index contributed by atoms with van der Waals surface area (Å²) in [5, 5.41) is 1.14. The summed E-state index contributed by atoms with van der Waals surface area (Å²) in [5.41, 5.74) is 1.16. The standard InChI is InChI=1S/C26H32ClN3O2/c1-5-8-11-19(6-2)25(31)29(7-3)18(4)24-28-23-13-10-9-12-22(23)26(32)30(24)21-16-14-20(27)15-17-21/h9-10,12-19H,5-8,11H2,1-4H3. The average molecular weight is 454 g/mol. The monoisotopic (exact) mass is 453 g/mol. The van der Waals surface area contributed by atoms with Crippen LogP contribution in [0.25, 0.3) is 16.6 Å². The highest BCUT2D eigenvalue weighted by Gasteiger charge is 2.29. The van der Waals surface area contributed by atoms with Gasteiger partial charge in [-0.05, 0) is 63.1 Å². The maximum atomic E-state index is 13.5. The number of fused-ring (bicyclic) bond motifs is 1. The van der Waals surface area contributed by atoms with Crippen LogP contribution < -0.4 is 5.56 Å². The van der Waals surface area contributed by atoms with Crippen LogP contribution in [0.1, 0.15) is 65.2 Å². The third-order valence-corrected chi connectivity index (χ3v) is 6.35. The highest BCUT2D eigenvalue weighted by Crippen LogP contribution is 2.26. The summed E-state index contributed by atoms with van der Waals surface area (Å²) < 4.78 is 1.62. The molecule has 6 heteroatoms. The van der Waals surface area contributed by atoms with Gasteiger partial charge in [0.05, 0.1) is 22.6 Å². The van der Waals surface area contributed by atoms with Crippen LogP contribution in [0.3, 0.4) is 0 Å². The van der Waals surface area contributed by atoms with E-state index in [2.05, 4.69) is 13.8 Å². The molecule has 0 aliphatic rings. The minimum atomic E-state index is -0.365. The number of halogens is 1. The van der Waals surface area contributed by atoms with Crippen molar-refractivity contribution < 1.29 is 4.79 Å². The van der Waals surface area contributed by atoms with Crippen molar-refractivity contribution in [2.24, 2.45) is 5.92 Å². The van der Waals surface area contributed by atoms with E-state index in [0.717, 1.165) is 25.7 Å². The lowest BCUT2D eigenvalue weighted by atomic mass is 9.97. The molecule has 2 unspecified atom stereocenters. The molecule has 3 rings (SSSR count). The van der Waals surface area contributed by atoms with Crippen LogP contribution in [0.4, 0.5) is 0 Å². The SMILES string of the molecule is CCCCC(CC)C(=O)N(CC)C(C)c1nc2ccccc2c(=O)n1-c1ccc(Cl)cc1. The van der Waals surface area contributed by atoms with Gasteiger partial charge in [-0.3, -0.25) is 14.2 Å². The van der Waals surface area contributed by atoms with Gasteiger partial charge in [-0.25, -0.2) is 4.98 Å². The van der Waals surface area contributed by atoms with Gasteiger partial charge >= 0.3 is 0 Å². The summed E-state index contributed by atoms with van der Waals surface area (Å²) in [7, 11) is 0. The summed E-state index contributed by atoms with van der Waals surface area (Å²) in [6, 6.07) is 14.1.